The highest BCUT2D eigenvalue weighted by atomic mass is 19.1. The van der Waals surface area contributed by atoms with Crippen molar-refractivity contribution in [3.8, 4) is 11.5 Å². The average Bonchev–Trinajstić information content (AvgIpc) is 2.63. The molecule has 0 atom stereocenters. The van der Waals surface area contributed by atoms with Gasteiger partial charge in [0.05, 0.1) is 14.2 Å². The van der Waals surface area contributed by atoms with E-state index in [1.165, 1.54) is 24.3 Å². The maximum Gasteiger partial charge on any atom is 0.313 e. The second-order valence-corrected chi connectivity index (χ2v) is 5.16. The first-order valence-electron chi connectivity index (χ1n) is 7.59. The molecule has 2 N–H and O–H groups in total. The molecule has 0 heterocycles. The fraction of sp³-hybridized carbons (Fsp3) is 0.222. The van der Waals surface area contributed by atoms with Gasteiger partial charge in [0.1, 0.15) is 5.82 Å². The zero-order valence-corrected chi connectivity index (χ0v) is 14.0. The van der Waals surface area contributed by atoms with E-state index in [1.54, 1.807) is 20.3 Å². The standard InChI is InChI=1S/C18H19FN2O4/c1-24-15-8-3-12(11-16(15)25-2)9-10-20-17(22)18(23)21-14-6-4-13(19)5-7-14/h3-8,11H,9-10H2,1-2H3,(H,20,22)(H,21,23). The van der Waals surface area contributed by atoms with E-state index in [2.05, 4.69) is 10.6 Å². The van der Waals surface area contributed by atoms with Gasteiger partial charge in [0.25, 0.3) is 0 Å². The number of rotatable bonds is 6. The van der Waals surface area contributed by atoms with Crippen molar-refractivity contribution in [1.82, 2.24) is 5.32 Å². The Balaban J connectivity index is 1.83. The molecule has 0 aliphatic rings. The van der Waals surface area contributed by atoms with Gasteiger partial charge < -0.3 is 20.1 Å². The van der Waals surface area contributed by atoms with Crippen LogP contribution in [0.1, 0.15) is 5.56 Å². The number of hydrogen-bond acceptors (Lipinski definition) is 4. The Bertz CT molecular complexity index is 747. The summed E-state index contributed by atoms with van der Waals surface area (Å²) in [5.74, 6) is -0.768. The third-order valence-electron chi connectivity index (χ3n) is 3.46. The van der Waals surface area contributed by atoms with Crippen molar-refractivity contribution in [2.45, 2.75) is 6.42 Å². The molecule has 0 radical (unpaired) electrons. The van der Waals surface area contributed by atoms with Crippen LogP contribution in [0.25, 0.3) is 0 Å². The summed E-state index contributed by atoms with van der Waals surface area (Å²) in [5.41, 5.74) is 1.28. The molecule has 0 bridgehead atoms. The van der Waals surface area contributed by atoms with E-state index in [4.69, 9.17) is 9.47 Å². The fourth-order valence-corrected chi connectivity index (χ4v) is 2.16. The lowest BCUT2D eigenvalue weighted by molar-refractivity contribution is -0.136. The van der Waals surface area contributed by atoms with Gasteiger partial charge in [0, 0.05) is 12.2 Å². The topological polar surface area (TPSA) is 76.7 Å². The number of carbonyl (C=O) groups is 2. The van der Waals surface area contributed by atoms with Gasteiger partial charge >= 0.3 is 11.8 Å². The highest BCUT2D eigenvalue weighted by Crippen LogP contribution is 2.27. The minimum absolute atomic E-state index is 0.283. The Hall–Kier alpha value is -3.09. The van der Waals surface area contributed by atoms with Crippen LogP contribution in [0, 0.1) is 5.82 Å². The molecule has 0 spiro atoms. The molecular formula is C18H19FN2O4. The monoisotopic (exact) mass is 346 g/mol. The predicted molar refractivity (Wildman–Crippen MR) is 91.3 cm³/mol. The zero-order chi connectivity index (χ0) is 18.2. The van der Waals surface area contributed by atoms with E-state index >= 15 is 0 Å². The van der Waals surface area contributed by atoms with Crippen LogP contribution in [0.4, 0.5) is 10.1 Å². The first kappa shape index (κ1) is 18.3. The second kappa shape index (κ2) is 8.68. The molecule has 7 heteroatoms. The van der Waals surface area contributed by atoms with E-state index in [0.717, 1.165) is 5.56 Å². The van der Waals surface area contributed by atoms with Gasteiger partial charge in [-0.25, -0.2) is 4.39 Å². The lowest BCUT2D eigenvalue weighted by Gasteiger charge is -2.10. The number of anilines is 1. The Kier molecular flexibility index (Phi) is 6.33. The molecule has 2 aromatic carbocycles. The van der Waals surface area contributed by atoms with Gasteiger partial charge in [-0.1, -0.05) is 6.07 Å². The van der Waals surface area contributed by atoms with Gasteiger partial charge in [0.15, 0.2) is 11.5 Å². The van der Waals surface area contributed by atoms with Crippen molar-refractivity contribution < 1.29 is 23.5 Å². The van der Waals surface area contributed by atoms with Gasteiger partial charge in [0.2, 0.25) is 0 Å². The smallest absolute Gasteiger partial charge is 0.313 e. The molecule has 0 fully saturated rings. The number of methoxy groups -OCH3 is 2. The maximum atomic E-state index is 12.8. The highest BCUT2D eigenvalue weighted by molar-refractivity contribution is 6.39. The van der Waals surface area contributed by atoms with Crippen LogP contribution in [0.2, 0.25) is 0 Å². The molecule has 0 saturated carbocycles. The Labute approximate surface area is 144 Å². The summed E-state index contributed by atoms with van der Waals surface area (Å²) in [7, 11) is 3.10. The number of ether oxygens (including phenoxy) is 2. The molecule has 2 rings (SSSR count). The lowest BCUT2D eigenvalue weighted by atomic mass is 10.1. The SMILES string of the molecule is COc1ccc(CCNC(=O)C(=O)Nc2ccc(F)cc2)cc1OC. The summed E-state index contributed by atoms with van der Waals surface area (Å²) < 4.78 is 23.2. The first-order chi connectivity index (χ1) is 12.0. The van der Waals surface area contributed by atoms with Crippen molar-refractivity contribution in [1.29, 1.82) is 0 Å². The summed E-state index contributed by atoms with van der Waals surface area (Å²) in [4.78, 5) is 23.6. The van der Waals surface area contributed by atoms with E-state index < -0.39 is 17.6 Å². The largest absolute Gasteiger partial charge is 0.493 e. The predicted octanol–water partition coefficient (Wildman–Crippen LogP) is 2.14. The Morgan fingerprint density at radius 1 is 0.960 bits per heavy atom. The molecule has 0 saturated heterocycles. The van der Waals surface area contributed by atoms with Crippen molar-refractivity contribution in [2.24, 2.45) is 0 Å². The molecule has 132 valence electrons. The summed E-state index contributed by atoms with van der Waals surface area (Å²) in [6, 6.07) is 10.6. The van der Waals surface area contributed by atoms with E-state index in [9.17, 15) is 14.0 Å². The third kappa shape index (κ3) is 5.20. The highest BCUT2D eigenvalue weighted by Gasteiger charge is 2.13. The van der Waals surface area contributed by atoms with Gasteiger partial charge in [-0.05, 0) is 48.4 Å². The molecular weight excluding hydrogens is 327 g/mol. The van der Waals surface area contributed by atoms with Crippen molar-refractivity contribution in [2.75, 3.05) is 26.1 Å². The average molecular weight is 346 g/mol. The molecule has 0 aliphatic heterocycles. The Morgan fingerprint density at radius 3 is 2.28 bits per heavy atom. The van der Waals surface area contributed by atoms with Crippen LogP contribution >= 0.6 is 0 Å². The van der Waals surface area contributed by atoms with E-state index in [-0.39, 0.29) is 6.54 Å². The van der Waals surface area contributed by atoms with Crippen LogP contribution in [0.3, 0.4) is 0 Å². The minimum Gasteiger partial charge on any atom is -0.493 e. The molecule has 25 heavy (non-hydrogen) atoms. The van der Waals surface area contributed by atoms with Crippen molar-refractivity contribution >= 4 is 17.5 Å². The number of carbonyl (C=O) groups excluding carboxylic acids is 2. The number of amides is 2. The second-order valence-electron chi connectivity index (χ2n) is 5.16. The first-order valence-corrected chi connectivity index (χ1v) is 7.59. The van der Waals surface area contributed by atoms with E-state index in [1.807, 2.05) is 12.1 Å². The lowest BCUT2D eigenvalue weighted by Crippen LogP contribution is -2.36. The molecule has 0 aromatic heterocycles. The van der Waals surface area contributed by atoms with Gasteiger partial charge in [-0.3, -0.25) is 9.59 Å². The fourth-order valence-electron chi connectivity index (χ4n) is 2.16. The normalized spacial score (nSPS) is 10.0. The zero-order valence-electron chi connectivity index (χ0n) is 14.0. The molecule has 0 aliphatic carbocycles. The number of benzene rings is 2. The molecule has 2 amide bonds. The maximum absolute atomic E-state index is 12.8. The van der Waals surface area contributed by atoms with Crippen LogP contribution < -0.4 is 20.1 Å². The summed E-state index contributed by atoms with van der Waals surface area (Å²) in [6.07, 6.45) is 0.524. The molecule has 6 nitrogen and oxygen atoms in total. The van der Waals surface area contributed by atoms with Gasteiger partial charge in [-0.2, -0.15) is 0 Å². The number of halogens is 1. The van der Waals surface area contributed by atoms with Gasteiger partial charge in [-0.15, -0.1) is 0 Å². The van der Waals surface area contributed by atoms with Crippen molar-refractivity contribution in [3.63, 3.8) is 0 Å². The number of nitrogens with one attached hydrogen (secondary N) is 2. The minimum atomic E-state index is -0.807. The molecule has 0 unspecified atom stereocenters. The van der Waals surface area contributed by atoms with Crippen LogP contribution in [-0.4, -0.2) is 32.6 Å². The van der Waals surface area contributed by atoms with Crippen LogP contribution in [-0.2, 0) is 16.0 Å². The third-order valence-corrected chi connectivity index (χ3v) is 3.46. The summed E-state index contributed by atoms with van der Waals surface area (Å²) >= 11 is 0. The summed E-state index contributed by atoms with van der Waals surface area (Å²) in [5, 5.41) is 4.93. The van der Waals surface area contributed by atoms with Crippen LogP contribution in [0.15, 0.2) is 42.5 Å². The Morgan fingerprint density at radius 2 is 1.64 bits per heavy atom. The number of hydrogen-bond donors (Lipinski definition) is 2. The van der Waals surface area contributed by atoms with E-state index in [0.29, 0.717) is 23.6 Å². The van der Waals surface area contributed by atoms with Crippen LogP contribution in [0.5, 0.6) is 11.5 Å². The quantitative estimate of drug-likeness (QED) is 0.786. The molecule has 2 aromatic rings. The summed E-state index contributed by atoms with van der Waals surface area (Å²) in [6.45, 7) is 0.283. The van der Waals surface area contributed by atoms with Crippen molar-refractivity contribution in [3.05, 3.63) is 53.8 Å².